The lowest BCUT2D eigenvalue weighted by Gasteiger charge is -2.21. The van der Waals surface area contributed by atoms with Gasteiger partial charge in [-0.3, -0.25) is 9.59 Å². The monoisotopic (exact) mass is 308 g/mol. The minimum Gasteiger partial charge on any atom is -0.497 e. The molecule has 1 rings (SSSR count). The van der Waals surface area contributed by atoms with Gasteiger partial charge in [0.25, 0.3) is 5.91 Å². The minimum absolute atomic E-state index is 0.00482. The Morgan fingerprint density at radius 3 is 2.36 bits per heavy atom. The Labute approximate surface area is 131 Å². The number of hydrogen-bond acceptors (Lipinski definition) is 4. The third kappa shape index (κ3) is 6.13. The molecule has 0 heterocycles. The van der Waals surface area contributed by atoms with Gasteiger partial charge in [-0.15, -0.1) is 0 Å². The summed E-state index contributed by atoms with van der Waals surface area (Å²) in [5.41, 5.74) is 0.564. The number of amides is 2. The second kappa shape index (κ2) is 9.78. The number of carbonyl (C=O) groups is 2. The highest BCUT2D eigenvalue weighted by Gasteiger charge is 2.10. The highest BCUT2D eigenvalue weighted by molar-refractivity contribution is 5.94. The van der Waals surface area contributed by atoms with E-state index in [9.17, 15) is 9.59 Å². The van der Waals surface area contributed by atoms with Crippen molar-refractivity contribution in [3.63, 3.8) is 0 Å². The van der Waals surface area contributed by atoms with Crippen LogP contribution in [-0.4, -0.2) is 57.2 Å². The fourth-order valence-corrected chi connectivity index (χ4v) is 1.98. The van der Waals surface area contributed by atoms with Crippen molar-refractivity contribution in [3.05, 3.63) is 29.8 Å². The van der Waals surface area contributed by atoms with E-state index in [0.29, 0.717) is 37.6 Å². The summed E-state index contributed by atoms with van der Waals surface area (Å²) in [4.78, 5) is 25.2. The number of nitrogens with one attached hydrogen (secondary N) is 1. The molecular weight excluding hydrogens is 284 g/mol. The first-order valence-electron chi connectivity index (χ1n) is 7.25. The van der Waals surface area contributed by atoms with E-state index in [2.05, 4.69) is 5.32 Å². The fourth-order valence-electron chi connectivity index (χ4n) is 1.98. The van der Waals surface area contributed by atoms with Crippen molar-refractivity contribution in [1.29, 1.82) is 0 Å². The summed E-state index contributed by atoms with van der Waals surface area (Å²) in [6.07, 6.45) is 0.780. The second-order valence-electron chi connectivity index (χ2n) is 4.84. The first kappa shape index (κ1) is 18.0. The average Bonchev–Trinajstić information content (AvgIpc) is 2.53. The highest BCUT2D eigenvalue weighted by atomic mass is 16.5. The predicted molar refractivity (Wildman–Crippen MR) is 84.1 cm³/mol. The number of hydrogen-bond donors (Lipinski definition) is 1. The first-order valence-corrected chi connectivity index (χ1v) is 7.25. The van der Waals surface area contributed by atoms with Crippen LogP contribution in [0.2, 0.25) is 0 Å². The van der Waals surface area contributed by atoms with Crippen LogP contribution in [0.1, 0.15) is 23.7 Å². The van der Waals surface area contributed by atoms with Crippen LogP contribution in [0.4, 0.5) is 0 Å². The number of carbonyl (C=O) groups excluding carboxylic acids is 2. The van der Waals surface area contributed by atoms with Gasteiger partial charge in [-0.05, 0) is 30.7 Å². The molecule has 0 radical (unpaired) electrons. The Morgan fingerprint density at radius 1 is 1.14 bits per heavy atom. The summed E-state index contributed by atoms with van der Waals surface area (Å²) in [6, 6.07) is 6.88. The minimum atomic E-state index is -0.164. The average molecular weight is 308 g/mol. The zero-order chi connectivity index (χ0) is 16.4. The molecule has 6 heteroatoms. The molecule has 122 valence electrons. The summed E-state index contributed by atoms with van der Waals surface area (Å²) in [5.74, 6) is 0.537. The Hall–Kier alpha value is -2.08. The number of ether oxygens (including phenoxy) is 2. The van der Waals surface area contributed by atoms with Crippen LogP contribution >= 0.6 is 0 Å². The lowest BCUT2D eigenvalue weighted by atomic mass is 10.2. The predicted octanol–water partition coefficient (Wildman–Crippen LogP) is 1.31. The van der Waals surface area contributed by atoms with Crippen molar-refractivity contribution < 1.29 is 19.1 Å². The maximum atomic E-state index is 12.0. The molecule has 0 atom stereocenters. The molecular formula is C16H24N2O4. The number of rotatable bonds is 9. The molecule has 0 bridgehead atoms. The topological polar surface area (TPSA) is 67.9 Å². The molecule has 0 aromatic heterocycles. The normalized spacial score (nSPS) is 10.1. The number of methoxy groups -OCH3 is 2. The Kier molecular flexibility index (Phi) is 7.99. The molecule has 2 amide bonds. The van der Waals surface area contributed by atoms with Crippen LogP contribution in [0.15, 0.2) is 24.3 Å². The number of nitrogens with zero attached hydrogens (tertiary/aromatic N) is 1. The van der Waals surface area contributed by atoms with Gasteiger partial charge in [0.2, 0.25) is 5.91 Å². The van der Waals surface area contributed by atoms with Gasteiger partial charge in [0.05, 0.1) is 7.11 Å². The van der Waals surface area contributed by atoms with Crippen molar-refractivity contribution in [1.82, 2.24) is 10.2 Å². The molecule has 1 N–H and O–H groups in total. The van der Waals surface area contributed by atoms with E-state index in [4.69, 9.17) is 9.47 Å². The van der Waals surface area contributed by atoms with Crippen molar-refractivity contribution in [2.75, 3.05) is 40.5 Å². The molecule has 0 spiro atoms. The standard InChI is InChI=1S/C16H24N2O4/c1-13(19)18(10-4-12-21-2)11-9-17-16(20)14-5-7-15(22-3)8-6-14/h5-8H,4,9-12H2,1-3H3,(H,17,20). The van der Waals surface area contributed by atoms with Gasteiger partial charge < -0.3 is 19.7 Å². The van der Waals surface area contributed by atoms with E-state index >= 15 is 0 Å². The lowest BCUT2D eigenvalue weighted by Crippen LogP contribution is -2.38. The summed E-state index contributed by atoms with van der Waals surface area (Å²) in [7, 11) is 3.21. The van der Waals surface area contributed by atoms with E-state index in [-0.39, 0.29) is 11.8 Å². The highest BCUT2D eigenvalue weighted by Crippen LogP contribution is 2.10. The molecule has 1 aromatic carbocycles. The third-order valence-electron chi connectivity index (χ3n) is 3.24. The van der Waals surface area contributed by atoms with Gasteiger partial charge in [-0.25, -0.2) is 0 Å². The smallest absolute Gasteiger partial charge is 0.251 e. The Morgan fingerprint density at radius 2 is 1.82 bits per heavy atom. The van der Waals surface area contributed by atoms with Crippen LogP contribution in [0.5, 0.6) is 5.75 Å². The molecule has 0 unspecified atom stereocenters. The van der Waals surface area contributed by atoms with Gasteiger partial charge in [0.1, 0.15) is 5.75 Å². The zero-order valence-electron chi connectivity index (χ0n) is 13.4. The van der Waals surface area contributed by atoms with Crippen molar-refractivity contribution in [2.24, 2.45) is 0 Å². The largest absolute Gasteiger partial charge is 0.497 e. The molecule has 1 aromatic rings. The third-order valence-corrected chi connectivity index (χ3v) is 3.24. The lowest BCUT2D eigenvalue weighted by molar-refractivity contribution is -0.129. The van der Waals surface area contributed by atoms with Gasteiger partial charge >= 0.3 is 0 Å². The van der Waals surface area contributed by atoms with Crippen molar-refractivity contribution >= 4 is 11.8 Å². The Balaban J connectivity index is 2.39. The van der Waals surface area contributed by atoms with E-state index in [0.717, 1.165) is 6.42 Å². The van der Waals surface area contributed by atoms with E-state index in [1.807, 2.05) is 0 Å². The molecule has 0 saturated carbocycles. The van der Waals surface area contributed by atoms with Crippen LogP contribution in [-0.2, 0) is 9.53 Å². The maximum Gasteiger partial charge on any atom is 0.251 e. The molecule has 0 aliphatic heterocycles. The molecule has 0 aliphatic carbocycles. The zero-order valence-corrected chi connectivity index (χ0v) is 13.4. The summed E-state index contributed by atoms with van der Waals surface area (Å²) in [5, 5.41) is 2.81. The van der Waals surface area contributed by atoms with E-state index in [1.165, 1.54) is 6.92 Å². The quantitative estimate of drug-likeness (QED) is 0.699. The summed E-state index contributed by atoms with van der Waals surface area (Å²) < 4.78 is 10.0. The van der Waals surface area contributed by atoms with Gasteiger partial charge in [0.15, 0.2) is 0 Å². The summed E-state index contributed by atoms with van der Waals surface area (Å²) in [6.45, 7) is 3.67. The van der Waals surface area contributed by atoms with Crippen LogP contribution < -0.4 is 10.1 Å². The van der Waals surface area contributed by atoms with Gasteiger partial charge in [0, 0.05) is 45.8 Å². The maximum absolute atomic E-state index is 12.0. The molecule has 6 nitrogen and oxygen atoms in total. The molecule has 0 aliphatic rings. The van der Waals surface area contributed by atoms with E-state index < -0.39 is 0 Å². The second-order valence-corrected chi connectivity index (χ2v) is 4.84. The van der Waals surface area contributed by atoms with Crippen molar-refractivity contribution in [2.45, 2.75) is 13.3 Å². The fraction of sp³-hybridized carbons (Fsp3) is 0.500. The van der Waals surface area contributed by atoms with Crippen LogP contribution in [0, 0.1) is 0 Å². The number of benzene rings is 1. The van der Waals surface area contributed by atoms with Gasteiger partial charge in [-0.1, -0.05) is 0 Å². The Bertz CT molecular complexity index is 474. The SMILES string of the molecule is COCCCN(CCNC(=O)c1ccc(OC)cc1)C(C)=O. The molecule has 0 fully saturated rings. The first-order chi connectivity index (χ1) is 10.6. The van der Waals surface area contributed by atoms with Crippen molar-refractivity contribution in [3.8, 4) is 5.75 Å². The summed E-state index contributed by atoms with van der Waals surface area (Å²) >= 11 is 0. The van der Waals surface area contributed by atoms with E-state index in [1.54, 1.807) is 43.4 Å². The van der Waals surface area contributed by atoms with Crippen LogP contribution in [0.3, 0.4) is 0 Å². The molecule has 22 heavy (non-hydrogen) atoms. The van der Waals surface area contributed by atoms with Gasteiger partial charge in [-0.2, -0.15) is 0 Å². The van der Waals surface area contributed by atoms with Crippen LogP contribution in [0.25, 0.3) is 0 Å². The molecule has 0 saturated heterocycles.